The number of hydrogen-bond acceptors (Lipinski definition) is 5. The standard InChI is InChI=1S/C17H28O5/c1-5-11-19-12-20-17(18)13(2)14(3)21-15(4)22-16-9-7-6-8-10-16/h5,14-16H,1-2,6-12H2,3-4H3. The Bertz CT molecular complexity index is 360. The van der Waals surface area contributed by atoms with Crippen molar-refractivity contribution in [2.45, 2.75) is 64.4 Å². The van der Waals surface area contributed by atoms with Gasteiger partial charge in [-0.2, -0.15) is 0 Å². The van der Waals surface area contributed by atoms with E-state index >= 15 is 0 Å². The summed E-state index contributed by atoms with van der Waals surface area (Å²) < 4.78 is 21.5. The molecule has 0 bridgehead atoms. The summed E-state index contributed by atoms with van der Waals surface area (Å²) in [5, 5.41) is 0. The number of carbonyl (C=O) groups is 1. The van der Waals surface area contributed by atoms with Crippen LogP contribution in [-0.4, -0.2) is 37.9 Å². The molecule has 0 aromatic rings. The maximum atomic E-state index is 11.8. The lowest BCUT2D eigenvalue weighted by molar-refractivity contribution is -0.182. The van der Waals surface area contributed by atoms with E-state index in [1.54, 1.807) is 13.0 Å². The van der Waals surface area contributed by atoms with Gasteiger partial charge in [0.1, 0.15) is 0 Å². The molecule has 0 spiro atoms. The van der Waals surface area contributed by atoms with Crippen LogP contribution >= 0.6 is 0 Å². The van der Waals surface area contributed by atoms with Gasteiger partial charge in [-0.05, 0) is 26.7 Å². The Morgan fingerprint density at radius 3 is 2.59 bits per heavy atom. The van der Waals surface area contributed by atoms with Crippen molar-refractivity contribution >= 4 is 5.97 Å². The van der Waals surface area contributed by atoms with Crippen LogP contribution in [0.5, 0.6) is 0 Å². The highest BCUT2D eigenvalue weighted by Crippen LogP contribution is 2.22. The summed E-state index contributed by atoms with van der Waals surface area (Å²) in [6.07, 6.45) is 6.83. The lowest BCUT2D eigenvalue weighted by Crippen LogP contribution is -2.29. The Hall–Kier alpha value is -1.17. The van der Waals surface area contributed by atoms with Crippen molar-refractivity contribution in [1.29, 1.82) is 0 Å². The lowest BCUT2D eigenvalue weighted by atomic mass is 9.98. The molecule has 1 rings (SSSR count). The third-order valence-electron chi connectivity index (χ3n) is 3.59. The first-order valence-electron chi connectivity index (χ1n) is 7.90. The van der Waals surface area contributed by atoms with Crippen LogP contribution in [0, 0.1) is 0 Å². The molecule has 22 heavy (non-hydrogen) atoms. The summed E-state index contributed by atoms with van der Waals surface area (Å²) in [4.78, 5) is 11.8. The molecule has 1 aliphatic rings. The molecule has 0 amide bonds. The second-order valence-electron chi connectivity index (χ2n) is 5.48. The fourth-order valence-electron chi connectivity index (χ4n) is 2.36. The molecule has 1 fully saturated rings. The minimum atomic E-state index is -0.526. The summed E-state index contributed by atoms with van der Waals surface area (Å²) in [7, 11) is 0. The fraction of sp³-hybridized carbons (Fsp3) is 0.706. The van der Waals surface area contributed by atoms with E-state index in [0.29, 0.717) is 6.61 Å². The monoisotopic (exact) mass is 312 g/mol. The minimum Gasteiger partial charge on any atom is -0.435 e. The maximum Gasteiger partial charge on any atom is 0.338 e. The largest absolute Gasteiger partial charge is 0.435 e. The highest BCUT2D eigenvalue weighted by molar-refractivity contribution is 5.88. The van der Waals surface area contributed by atoms with Crippen LogP contribution in [0.15, 0.2) is 24.8 Å². The lowest BCUT2D eigenvalue weighted by Gasteiger charge is -2.27. The number of esters is 1. The van der Waals surface area contributed by atoms with Crippen LogP contribution in [0.3, 0.4) is 0 Å². The third kappa shape index (κ3) is 7.20. The normalized spacial score (nSPS) is 18.5. The van der Waals surface area contributed by atoms with E-state index in [1.807, 2.05) is 6.92 Å². The quantitative estimate of drug-likeness (QED) is 0.204. The van der Waals surface area contributed by atoms with E-state index in [2.05, 4.69) is 13.2 Å². The molecule has 5 nitrogen and oxygen atoms in total. The Morgan fingerprint density at radius 2 is 1.95 bits per heavy atom. The average molecular weight is 312 g/mol. The predicted molar refractivity (Wildman–Crippen MR) is 84.2 cm³/mol. The first-order valence-corrected chi connectivity index (χ1v) is 7.90. The number of hydrogen-bond donors (Lipinski definition) is 0. The van der Waals surface area contributed by atoms with Crippen LogP contribution < -0.4 is 0 Å². The maximum absolute atomic E-state index is 11.8. The molecule has 0 heterocycles. The summed E-state index contributed by atoms with van der Waals surface area (Å²) in [6, 6.07) is 0. The SMILES string of the molecule is C=CCOCOC(=O)C(=C)C(C)OC(C)OC1CCCCC1. The van der Waals surface area contributed by atoms with Gasteiger partial charge in [0.05, 0.1) is 24.4 Å². The summed E-state index contributed by atoms with van der Waals surface area (Å²) in [5.41, 5.74) is 0.251. The van der Waals surface area contributed by atoms with E-state index in [9.17, 15) is 4.79 Å². The molecule has 5 heteroatoms. The molecule has 2 atom stereocenters. The zero-order chi connectivity index (χ0) is 16.4. The van der Waals surface area contributed by atoms with Crippen LogP contribution in [0.1, 0.15) is 46.0 Å². The summed E-state index contributed by atoms with van der Waals surface area (Å²) in [6.45, 7) is 11.0. The van der Waals surface area contributed by atoms with Gasteiger partial charge < -0.3 is 18.9 Å². The Labute approximate surface area is 133 Å². The predicted octanol–water partition coefficient (Wildman–Crippen LogP) is 3.35. The molecule has 1 aliphatic carbocycles. The molecule has 0 saturated heterocycles. The van der Waals surface area contributed by atoms with Gasteiger partial charge >= 0.3 is 5.97 Å². The first-order chi connectivity index (χ1) is 10.5. The van der Waals surface area contributed by atoms with Crippen LogP contribution in [0.25, 0.3) is 0 Å². The van der Waals surface area contributed by atoms with Crippen molar-refractivity contribution < 1.29 is 23.7 Å². The van der Waals surface area contributed by atoms with Crippen molar-refractivity contribution in [2.75, 3.05) is 13.4 Å². The molecular weight excluding hydrogens is 284 g/mol. The molecule has 0 aromatic carbocycles. The second-order valence-corrected chi connectivity index (χ2v) is 5.48. The van der Waals surface area contributed by atoms with Crippen molar-refractivity contribution in [3.05, 3.63) is 24.8 Å². The summed E-state index contributed by atoms with van der Waals surface area (Å²) >= 11 is 0. The minimum absolute atomic E-state index is 0.120. The molecule has 0 radical (unpaired) electrons. The van der Waals surface area contributed by atoms with Gasteiger partial charge in [0.25, 0.3) is 0 Å². The van der Waals surface area contributed by atoms with E-state index in [-0.39, 0.29) is 24.8 Å². The Kier molecular flexibility index (Phi) is 9.04. The molecule has 1 saturated carbocycles. The Morgan fingerprint density at radius 1 is 1.27 bits per heavy atom. The van der Waals surface area contributed by atoms with E-state index < -0.39 is 12.1 Å². The molecule has 2 unspecified atom stereocenters. The van der Waals surface area contributed by atoms with Crippen molar-refractivity contribution in [1.82, 2.24) is 0 Å². The zero-order valence-corrected chi connectivity index (χ0v) is 13.7. The van der Waals surface area contributed by atoms with Gasteiger partial charge in [0.2, 0.25) is 0 Å². The Balaban J connectivity index is 2.26. The van der Waals surface area contributed by atoms with E-state index in [1.165, 1.54) is 19.3 Å². The van der Waals surface area contributed by atoms with Gasteiger partial charge in [-0.15, -0.1) is 6.58 Å². The molecule has 0 N–H and O–H groups in total. The van der Waals surface area contributed by atoms with Gasteiger partial charge in [0, 0.05) is 0 Å². The number of carbonyl (C=O) groups excluding carboxylic acids is 1. The molecule has 126 valence electrons. The van der Waals surface area contributed by atoms with Crippen LogP contribution in [-0.2, 0) is 23.7 Å². The molecule has 0 aromatic heterocycles. The van der Waals surface area contributed by atoms with Gasteiger partial charge in [0.15, 0.2) is 13.1 Å². The topological polar surface area (TPSA) is 54.0 Å². The summed E-state index contributed by atoms with van der Waals surface area (Å²) in [5.74, 6) is -0.526. The second kappa shape index (κ2) is 10.5. The molecular formula is C17H28O5. The third-order valence-corrected chi connectivity index (χ3v) is 3.59. The number of ether oxygens (including phenoxy) is 4. The first kappa shape index (κ1) is 18.9. The van der Waals surface area contributed by atoms with E-state index in [0.717, 1.165) is 12.8 Å². The van der Waals surface area contributed by atoms with Crippen molar-refractivity contribution in [2.24, 2.45) is 0 Å². The van der Waals surface area contributed by atoms with Crippen molar-refractivity contribution in [3.63, 3.8) is 0 Å². The van der Waals surface area contributed by atoms with Crippen molar-refractivity contribution in [3.8, 4) is 0 Å². The smallest absolute Gasteiger partial charge is 0.338 e. The fourth-order valence-corrected chi connectivity index (χ4v) is 2.36. The average Bonchev–Trinajstić information content (AvgIpc) is 2.51. The molecule has 0 aliphatic heterocycles. The van der Waals surface area contributed by atoms with Gasteiger partial charge in [-0.25, -0.2) is 4.79 Å². The van der Waals surface area contributed by atoms with Gasteiger partial charge in [-0.1, -0.05) is 31.9 Å². The zero-order valence-electron chi connectivity index (χ0n) is 13.7. The van der Waals surface area contributed by atoms with Crippen LogP contribution in [0.4, 0.5) is 0 Å². The number of rotatable bonds is 10. The van der Waals surface area contributed by atoms with Crippen LogP contribution in [0.2, 0.25) is 0 Å². The highest BCUT2D eigenvalue weighted by atomic mass is 16.7. The van der Waals surface area contributed by atoms with Gasteiger partial charge in [-0.3, -0.25) is 0 Å². The highest BCUT2D eigenvalue weighted by Gasteiger charge is 2.22. The van der Waals surface area contributed by atoms with E-state index in [4.69, 9.17) is 18.9 Å².